The molecule has 2 N–H and O–H groups in total. The second-order valence-electron chi connectivity index (χ2n) is 4.99. The van der Waals surface area contributed by atoms with Crippen LogP contribution in [-0.2, 0) is 0 Å². The molecule has 0 saturated heterocycles. The van der Waals surface area contributed by atoms with Crippen LogP contribution < -0.4 is 5.32 Å². The average Bonchev–Trinajstić information content (AvgIpc) is 3.00. The van der Waals surface area contributed by atoms with Gasteiger partial charge in [0.05, 0.1) is 11.0 Å². The van der Waals surface area contributed by atoms with Crippen molar-refractivity contribution in [1.29, 1.82) is 0 Å². The Kier molecular flexibility index (Phi) is 3.09. The van der Waals surface area contributed by atoms with Crippen LogP contribution in [0.5, 0.6) is 0 Å². The minimum atomic E-state index is 0.621. The highest BCUT2D eigenvalue weighted by Crippen LogP contribution is 2.26. The molecule has 22 heavy (non-hydrogen) atoms. The van der Waals surface area contributed by atoms with E-state index in [2.05, 4.69) is 36.3 Å². The number of fused-ring (bicyclic) bond motifs is 3. The standard InChI is InChI=1S/C15H11BrClN5/c1-8-10(17)3-2-4-11(8)18-14-20-15-19-12-7-9(16)5-6-13(12)22(15)21-14/h2-7H,1H3,(H2,18,19,20,21). The Morgan fingerprint density at radius 3 is 2.95 bits per heavy atom. The van der Waals surface area contributed by atoms with Gasteiger partial charge in [-0.15, -0.1) is 0 Å². The number of anilines is 2. The van der Waals surface area contributed by atoms with Gasteiger partial charge < -0.3 is 5.32 Å². The maximum Gasteiger partial charge on any atom is 0.253 e. The fourth-order valence-corrected chi connectivity index (χ4v) is 2.91. The molecule has 0 fully saturated rings. The molecule has 2 heterocycles. The van der Waals surface area contributed by atoms with Crippen LogP contribution in [0.2, 0.25) is 5.02 Å². The van der Waals surface area contributed by atoms with E-state index in [0.717, 1.165) is 31.8 Å². The van der Waals surface area contributed by atoms with Gasteiger partial charge in [0.15, 0.2) is 0 Å². The fraction of sp³-hybridized carbons (Fsp3) is 0.0667. The number of nitrogens with zero attached hydrogens (tertiary/aromatic N) is 3. The monoisotopic (exact) mass is 375 g/mol. The van der Waals surface area contributed by atoms with E-state index in [1.54, 1.807) is 0 Å². The first-order valence-electron chi connectivity index (χ1n) is 6.68. The highest BCUT2D eigenvalue weighted by Gasteiger charge is 2.11. The zero-order chi connectivity index (χ0) is 15.3. The summed E-state index contributed by atoms with van der Waals surface area (Å²) in [6, 6.07) is 11.7. The molecule has 7 heteroatoms. The Labute approximate surface area is 139 Å². The molecule has 0 bridgehead atoms. The number of hydrogen-bond acceptors (Lipinski definition) is 3. The van der Waals surface area contributed by atoms with Gasteiger partial charge in [-0.05, 0) is 42.8 Å². The molecule has 0 aliphatic rings. The first-order valence-corrected chi connectivity index (χ1v) is 7.85. The second-order valence-corrected chi connectivity index (χ2v) is 6.31. The van der Waals surface area contributed by atoms with E-state index in [1.807, 2.05) is 47.8 Å². The van der Waals surface area contributed by atoms with E-state index in [-0.39, 0.29) is 0 Å². The van der Waals surface area contributed by atoms with Crippen LogP contribution in [0.25, 0.3) is 16.8 Å². The normalized spacial score (nSPS) is 11.4. The van der Waals surface area contributed by atoms with Gasteiger partial charge in [-0.25, -0.2) is 9.50 Å². The molecule has 4 aromatic rings. The van der Waals surface area contributed by atoms with E-state index in [9.17, 15) is 0 Å². The van der Waals surface area contributed by atoms with E-state index in [1.165, 1.54) is 0 Å². The van der Waals surface area contributed by atoms with Gasteiger partial charge in [-0.1, -0.05) is 33.6 Å². The molecule has 5 nitrogen and oxygen atoms in total. The van der Waals surface area contributed by atoms with Crippen LogP contribution in [0, 0.1) is 6.92 Å². The first-order chi connectivity index (χ1) is 10.6. The lowest BCUT2D eigenvalue weighted by molar-refractivity contribution is 1.01. The van der Waals surface area contributed by atoms with Crippen molar-refractivity contribution >= 4 is 56.0 Å². The lowest BCUT2D eigenvalue weighted by Crippen LogP contribution is -1.96. The van der Waals surface area contributed by atoms with Crippen molar-refractivity contribution in [3.05, 3.63) is 51.5 Å². The molecule has 0 radical (unpaired) electrons. The van der Waals surface area contributed by atoms with Crippen molar-refractivity contribution < 1.29 is 0 Å². The average molecular weight is 377 g/mol. The second kappa shape index (κ2) is 5.00. The molecule has 0 aliphatic heterocycles. The van der Waals surface area contributed by atoms with Crippen LogP contribution in [0.4, 0.5) is 11.6 Å². The van der Waals surface area contributed by atoms with Crippen LogP contribution in [0.3, 0.4) is 0 Å². The number of aromatic nitrogens is 4. The van der Waals surface area contributed by atoms with Gasteiger partial charge in [0.25, 0.3) is 5.78 Å². The molecule has 0 atom stereocenters. The van der Waals surface area contributed by atoms with Crippen molar-refractivity contribution in [1.82, 2.24) is 19.6 Å². The Morgan fingerprint density at radius 1 is 1.23 bits per heavy atom. The third-order valence-electron chi connectivity index (χ3n) is 3.55. The van der Waals surface area contributed by atoms with Crippen LogP contribution in [0.1, 0.15) is 5.56 Å². The summed E-state index contributed by atoms with van der Waals surface area (Å²) in [5, 5.41) is 7.17. The Balaban J connectivity index is 1.78. The van der Waals surface area contributed by atoms with E-state index >= 15 is 0 Å². The summed E-state index contributed by atoms with van der Waals surface area (Å²) in [7, 11) is 0. The number of H-pyrrole nitrogens is 1. The Bertz CT molecular complexity index is 1000. The number of hydrogen-bond donors (Lipinski definition) is 2. The molecule has 2 aromatic heterocycles. The summed E-state index contributed by atoms with van der Waals surface area (Å²) in [5.74, 6) is 1.24. The zero-order valence-electron chi connectivity index (χ0n) is 11.6. The largest absolute Gasteiger partial charge is 0.324 e. The van der Waals surface area contributed by atoms with Crippen LogP contribution in [0.15, 0.2) is 40.9 Å². The van der Waals surface area contributed by atoms with Gasteiger partial charge >= 0.3 is 0 Å². The number of benzene rings is 2. The summed E-state index contributed by atoms with van der Waals surface area (Å²) in [6.45, 7) is 1.96. The smallest absolute Gasteiger partial charge is 0.253 e. The molecule has 0 spiro atoms. The topological polar surface area (TPSA) is 58.0 Å². The van der Waals surface area contributed by atoms with E-state index in [0.29, 0.717) is 11.7 Å². The van der Waals surface area contributed by atoms with E-state index < -0.39 is 0 Å². The molecule has 0 aliphatic carbocycles. The number of imidazole rings is 1. The molecular formula is C15H11BrClN5. The lowest BCUT2D eigenvalue weighted by atomic mass is 10.2. The SMILES string of the molecule is Cc1c(Cl)cccc1Nc1nc2nc3cc(Br)ccc3n2[nH]1. The van der Waals surface area contributed by atoms with Crippen molar-refractivity contribution in [2.75, 3.05) is 5.32 Å². The summed E-state index contributed by atoms with van der Waals surface area (Å²) in [6.07, 6.45) is 0. The molecule has 0 amide bonds. The maximum absolute atomic E-state index is 6.14. The predicted molar refractivity (Wildman–Crippen MR) is 92.0 cm³/mol. The molecule has 110 valence electrons. The fourth-order valence-electron chi connectivity index (χ4n) is 2.38. The molecule has 0 unspecified atom stereocenters. The van der Waals surface area contributed by atoms with Gasteiger partial charge in [-0.2, -0.15) is 4.98 Å². The van der Waals surface area contributed by atoms with Crippen molar-refractivity contribution in [2.45, 2.75) is 6.92 Å². The van der Waals surface area contributed by atoms with Gasteiger partial charge in [0, 0.05) is 15.2 Å². The number of halogens is 2. The van der Waals surface area contributed by atoms with Gasteiger partial charge in [-0.3, -0.25) is 5.10 Å². The van der Waals surface area contributed by atoms with Gasteiger partial charge in [0.1, 0.15) is 0 Å². The molecule has 2 aromatic carbocycles. The van der Waals surface area contributed by atoms with Crippen molar-refractivity contribution in [3.63, 3.8) is 0 Å². The Hall–Kier alpha value is -2.05. The summed E-state index contributed by atoms with van der Waals surface area (Å²) in [5.41, 5.74) is 3.75. The summed E-state index contributed by atoms with van der Waals surface area (Å²) >= 11 is 9.58. The van der Waals surface area contributed by atoms with Crippen LogP contribution in [-0.4, -0.2) is 19.6 Å². The highest BCUT2D eigenvalue weighted by molar-refractivity contribution is 9.10. The van der Waals surface area contributed by atoms with Crippen molar-refractivity contribution in [2.24, 2.45) is 0 Å². The van der Waals surface area contributed by atoms with Gasteiger partial charge in [0.2, 0.25) is 5.95 Å². The lowest BCUT2D eigenvalue weighted by Gasteiger charge is -2.07. The minimum Gasteiger partial charge on any atom is -0.324 e. The summed E-state index contributed by atoms with van der Waals surface area (Å²) in [4.78, 5) is 8.98. The van der Waals surface area contributed by atoms with Crippen molar-refractivity contribution in [3.8, 4) is 0 Å². The summed E-state index contributed by atoms with van der Waals surface area (Å²) < 4.78 is 2.85. The molecule has 4 rings (SSSR count). The zero-order valence-corrected chi connectivity index (χ0v) is 13.9. The number of aromatic amines is 1. The third kappa shape index (κ3) is 2.15. The minimum absolute atomic E-state index is 0.621. The van der Waals surface area contributed by atoms with Crippen LogP contribution >= 0.6 is 27.5 Å². The number of rotatable bonds is 2. The number of nitrogens with one attached hydrogen (secondary N) is 2. The molecular weight excluding hydrogens is 366 g/mol. The maximum atomic E-state index is 6.14. The third-order valence-corrected chi connectivity index (χ3v) is 4.45. The first kappa shape index (κ1) is 13.6. The predicted octanol–water partition coefficient (Wildman–Crippen LogP) is 4.68. The van der Waals surface area contributed by atoms with E-state index in [4.69, 9.17) is 11.6 Å². The highest BCUT2D eigenvalue weighted by atomic mass is 79.9. The Morgan fingerprint density at radius 2 is 2.09 bits per heavy atom. The quantitative estimate of drug-likeness (QED) is 0.534. The molecule has 0 saturated carbocycles.